The molecule has 4 nitrogen and oxygen atoms in total. The molecule has 0 radical (unpaired) electrons. The average Bonchev–Trinajstić information content (AvgIpc) is 2.36. The molecule has 0 bridgehead atoms. The van der Waals surface area contributed by atoms with Crippen LogP contribution < -0.4 is 0 Å². The monoisotopic (exact) mass is 345 g/mol. The Balaban J connectivity index is 3.41. The summed E-state index contributed by atoms with van der Waals surface area (Å²) in [6.07, 6.45) is -4.76. The number of benzene rings is 1. The second-order valence-corrected chi connectivity index (χ2v) is 7.46. The number of alkyl halides is 3. The predicted octanol–water partition coefficient (Wildman–Crippen LogP) is 2.75. The maximum Gasteiger partial charge on any atom is 0.417 e. The fraction of sp³-hybridized carbons (Fsp3) is 0.500. The molecule has 0 unspecified atom stereocenters. The Kier molecular flexibility index (Phi) is 4.99. The fourth-order valence-electron chi connectivity index (χ4n) is 1.47. The summed E-state index contributed by atoms with van der Waals surface area (Å²) in [4.78, 5) is -0.539. The van der Waals surface area contributed by atoms with Gasteiger partial charge in [-0.1, -0.05) is 11.6 Å². The molecular weight excluding hydrogens is 331 g/mol. The molecule has 1 N–H and O–H groups in total. The highest BCUT2D eigenvalue weighted by atomic mass is 35.5. The average molecular weight is 346 g/mol. The molecule has 0 heterocycles. The van der Waals surface area contributed by atoms with E-state index in [0.717, 1.165) is 16.4 Å². The van der Waals surface area contributed by atoms with E-state index in [1.54, 1.807) is 0 Å². The Morgan fingerprint density at radius 2 is 1.81 bits per heavy atom. The van der Waals surface area contributed by atoms with E-state index in [1.165, 1.54) is 20.9 Å². The van der Waals surface area contributed by atoms with Crippen molar-refractivity contribution < 1.29 is 26.7 Å². The Morgan fingerprint density at radius 1 is 1.29 bits per heavy atom. The van der Waals surface area contributed by atoms with Crippen molar-refractivity contribution in [3.63, 3.8) is 0 Å². The summed E-state index contributed by atoms with van der Waals surface area (Å²) < 4.78 is 63.8. The largest absolute Gasteiger partial charge is 0.417 e. The van der Waals surface area contributed by atoms with E-state index >= 15 is 0 Å². The van der Waals surface area contributed by atoms with Gasteiger partial charge in [0.05, 0.1) is 27.6 Å². The standard InChI is InChI=1S/C12H15ClF3NO3S/c1-11(2,7-18)17(3)21(19,20)8-4-5-10(13)9(6-8)12(14,15)16/h4-6,18H,7H2,1-3H3. The second-order valence-electron chi connectivity index (χ2n) is 5.08. The zero-order valence-electron chi connectivity index (χ0n) is 11.6. The molecule has 0 atom stereocenters. The molecule has 1 rings (SSSR count). The van der Waals surface area contributed by atoms with Crippen molar-refractivity contribution >= 4 is 21.6 Å². The van der Waals surface area contributed by atoms with Gasteiger partial charge in [0.1, 0.15) is 0 Å². The molecule has 0 aliphatic rings. The molecule has 9 heteroatoms. The van der Waals surface area contributed by atoms with Crippen LogP contribution in [-0.2, 0) is 16.2 Å². The lowest BCUT2D eigenvalue weighted by Gasteiger charge is -2.32. The lowest BCUT2D eigenvalue weighted by Crippen LogP contribution is -2.47. The van der Waals surface area contributed by atoms with Crippen molar-refractivity contribution in [1.82, 2.24) is 4.31 Å². The van der Waals surface area contributed by atoms with Gasteiger partial charge < -0.3 is 5.11 Å². The molecule has 0 amide bonds. The molecule has 0 saturated heterocycles. The smallest absolute Gasteiger partial charge is 0.394 e. The van der Waals surface area contributed by atoms with Gasteiger partial charge in [0, 0.05) is 7.05 Å². The van der Waals surface area contributed by atoms with Crippen molar-refractivity contribution in [2.75, 3.05) is 13.7 Å². The van der Waals surface area contributed by atoms with Crippen LogP contribution in [0, 0.1) is 0 Å². The van der Waals surface area contributed by atoms with Gasteiger partial charge in [-0.15, -0.1) is 0 Å². The third-order valence-corrected chi connectivity index (χ3v) is 5.54. The third kappa shape index (κ3) is 3.68. The molecule has 0 aliphatic heterocycles. The molecule has 21 heavy (non-hydrogen) atoms. The van der Waals surface area contributed by atoms with E-state index in [2.05, 4.69) is 0 Å². The maximum absolute atomic E-state index is 12.8. The number of likely N-dealkylation sites (N-methyl/N-ethyl adjacent to an activating group) is 1. The van der Waals surface area contributed by atoms with E-state index < -0.39 is 43.8 Å². The molecular formula is C12H15ClF3NO3S. The Morgan fingerprint density at radius 3 is 2.24 bits per heavy atom. The van der Waals surface area contributed by atoms with E-state index in [-0.39, 0.29) is 0 Å². The summed E-state index contributed by atoms with van der Waals surface area (Å²) in [6, 6.07) is 2.37. The number of aliphatic hydroxyl groups is 1. The molecule has 120 valence electrons. The van der Waals surface area contributed by atoms with Gasteiger partial charge in [-0.3, -0.25) is 0 Å². The molecule has 1 aromatic rings. The van der Waals surface area contributed by atoms with Gasteiger partial charge in [-0.25, -0.2) is 8.42 Å². The van der Waals surface area contributed by atoms with Crippen molar-refractivity contribution in [3.05, 3.63) is 28.8 Å². The van der Waals surface area contributed by atoms with Crippen LogP contribution in [0.1, 0.15) is 19.4 Å². The summed E-state index contributed by atoms with van der Waals surface area (Å²) in [6.45, 7) is 2.42. The zero-order chi connectivity index (χ0) is 16.6. The van der Waals surface area contributed by atoms with Crippen LogP contribution in [-0.4, -0.2) is 37.0 Å². The third-order valence-electron chi connectivity index (χ3n) is 3.14. The first-order valence-electron chi connectivity index (χ1n) is 5.80. The minimum atomic E-state index is -4.76. The van der Waals surface area contributed by atoms with Crippen LogP contribution in [0.25, 0.3) is 0 Å². The first-order valence-corrected chi connectivity index (χ1v) is 7.62. The summed E-state index contributed by atoms with van der Waals surface area (Å²) in [7, 11) is -3.01. The summed E-state index contributed by atoms with van der Waals surface area (Å²) in [5.41, 5.74) is -2.38. The summed E-state index contributed by atoms with van der Waals surface area (Å²) in [5.74, 6) is 0. The van der Waals surface area contributed by atoms with Crippen LogP contribution in [0.3, 0.4) is 0 Å². The normalized spacial score (nSPS) is 13.8. The lowest BCUT2D eigenvalue weighted by molar-refractivity contribution is -0.137. The number of hydrogen-bond donors (Lipinski definition) is 1. The van der Waals surface area contributed by atoms with Gasteiger partial charge >= 0.3 is 6.18 Å². The number of aliphatic hydroxyl groups excluding tert-OH is 1. The topological polar surface area (TPSA) is 57.6 Å². The van der Waals surface area contributed by atoms with Crippen molar-refractivity contribution in [2.24, 2.45) is 0 Å². The van der Waals surface area contributed by atoms with E-state index in [9.17, 15) is 26.7 Å². The van der Waals surface area contributed by atoms with Crippen LogP contribution in [0.2, 0.25) is 5.02 Å². The number of rotatable bonds is 4. The van der Waals surface area contributed by atoms with Gasteiger partial charge in [0.2, 0.25) is 10.0 Å². The Labute approximate surface area is 126 Å². The van der Waals surface area contributed by atoms with Gasteiger partial charge in [0.15, 0.2) is 0 Å². The highest BCUT2D eigenvalue weighted by molar-refractivity contribution is 7.89. The molecule has 0 aromatic heterocycles. The SMILES string of the molecule is CN(C(C)(C)CO)S(=O)(=O)c1ccc(Cl)c(C(F)(F)F)c1. The first-order chi connectivity index (χ1) is 9.34. The minimum absolute atomic E-state index is 0.484. The van der Waals surface area contributed by atoms with E-state index in [1.807, 2.05) is 0 Å². The second kappa shape index (κ2) is 5.75. The first kappa shape index (κ1) is 18.2. The lowest BCUT2D eigenvalue weighted by atomic mass is 10.1. The predicted molar refractivity (Wildman–Crippen MR) is 72.6 cm³/mol. The van der Waals surface area contributed by atoms with Crippen molar-refractivity contribution in [3.8, 4) is 0 Å². The van der Waals surface area contributed by atoms with E-state index in [4.69, 9.17) is 11.6 Å². The summed E-state index contributed by atoms with van der Waals surface area (Å²) in [5, 5.41) is 8.62. The number of hydrogen-bond acceptors (Lipinski definition) is 3. The maximum atomic E-state index is 12.8. The molecule has 0 aliphatic carbocycles. The highest BCUT2D eigenvalue weighted by Gasteiger charge is 2.37. The molecule has 0 spiro atoms. The number of nitrogens with zero attached hydrogens (tertiary/aromatic N) is 1. The van der Waals surface area contributed by atoms with Crippen LogP contribution in [0.4, 0.5) is 13.2 Å². The Bertz CT molecular complexity index is 629. The zero-order valence-corrected chi connectivity index (χ0v) is 13.1. The van der Waals surface area contributed by atoms with Crippen molar-refractivity contribution in [1.29, 1.82) is 0 Å². The Hall–Kier alpha value is -0.830. The van der Waals surface area contributed by atoms with Crippen LogP contribution in [0.5, 0.6) is 0 Å². The molecule has 1 aromatic carbocycles. The van der Waals surface area contributed by atoms with Gasteiger partial charge in [-0.2, -0.15) is 17.5 Å². The highest BCUT2D eigenvalue weighted by Crippen LogP contribution is 2.36. The van der Waals surface area contributed by atoms with Gasteiger partial charge in [0.25, 0.3) is 0 Å². The number of sulfonamides is 1. The van der Waals surface area contributed by atoms with Gasteiger partial charge in [-0.05, 0) is 32.0 Å². The minimum Gasteiger partial charge on any atom is -0.394 e. The number of halogens is 4. The summed E-state index contributed by atoms with van der Waals surface area (Å²) >= 11 is 5.46. The van der Waals surface area contributed by atoms with Crippen LogP contribution in [0.15, 0.2) is 23.1 Å². The molecule has 0 saturated carbocycles. The quantitative estimate of drug-likeness (QED) is 0.913. The van der Waals surface area contributed by atoms with E-state index in [0.29, 0.717) is 6.07 Å². The fourth-order valence-corrected chi connectivity index (χ4v) is 3.22. The van der Waals surface area contributed by atoms with Crippen molar-refractivity contribution in [2.45, 2.75) is 30.5 Å². The van der Waals surface area contributed by atoms with Crippen LogP contribution >= 0.6 is 11.6 Å². The molecule has 0 fully saturated rings.